The van der Waals surface area contributed by atoms with Crippen molar-refractivity contribution in [2.45, 2.75) is 193 Å². The zero-order valence-electron chi connectivity index (χ0n) is 26.7. The van der Waals surface area contributed by atoms with Crippen molar-refractivity contribution in [2.24, 2.45) is 0 Å². The summed E-state index contributed by atoms with van der Waals surface area (Å²) in [6, 6.07) is -0.743. The van der Waals surface area contributed by atoms with E-state index in [2.05, 4.69) is 43.5 Å². The second-order valence-electron chi connectivity index (χ2n) is 11.8. The van der Waals surface area contributed by atoms with Crippen LogP contribution in [0, 0.1) is 0 Å². The first-order valence-electron chi connectivity index (χ1n) is 17.4. The maximum absolute atomic E-state index is 12.2. The monoisotopic (exact) mass is 562 g/mol. The van der Waals surface area contributed by atoms with Gasteiger partial charge in [0.05, 0.1) is 0 Å². The third kappa shape index (κ3) is 29.4. The summed E-state index contributed by atoms with van der Waals surface area (Å²) >= 11 is 0. The number of hydrogen-bond donors (Lipinski definition) is 2. The fraction of sp³-hybridized carbons (Fsp3) is 0.833. The predicted octanol–water partition coefficient (Wildman–Crippen LogP) is 11.2. The third-order valence-electron chi connectivity index (χ3n) is 7.80. The van der Waals surface area contributed by atoms with Crippen LogP contribution in [0.2, 0.25) is 0 Å². The molecule has 0 aromatic carbocycles. The van der Waals surface area contributed by atoms with Crippen molar-refractivity contribution in [3.8, 4) is 0 Å². The molecular weight excluding hydrogens is 494 g/mol. The highest BCUT2D eigenvalue weighted by Gasteiger charge is 2.18. The Hall–Kier alpha value is -1.58. The van der Waals surface area contributed by atoms with Gasteiger partial charge in [0.1, 0.15) is 6.04 Å². The number of allylic oxidation sites excluding steroid dienone is 4. The van der Waals surface area contributed by atoms with Crippen LogP contribution in [0.25, 0.3) is 0 Å². The van der Waals surface area contributed by atoms with Crippen LogP contribution in [0.1, 0.15) is 187 Å². The van der Waals surface area contributed by atoms with E-state index < -0.39 is 12.0 Å². The van der Waals surface area contributed by atoms with E-state index in [1.54, 1.807) is 0 Å². The van der Waals surface area contributed by atoms with Gasteiger partial charge in [0, 0.05) is 6.42 Å². The van der Waals surface area contributed by atoms with Crippen molar-refractivity contribution < 1.29 is 14.7 Å². The summed E-state index contributed by atoms with van der Waals surface area (Å²) in [7, 11) is 0. The highest BCUT2D eigenvalue weighted by molar-refractivity contribution is 5.83. The molecule has 234 valence electrons. The molecule has 0 aromatic rings. The Balaban J connectivity index is 3.62. The van der Waals surface area contributed by atoms with Gasteiger partial charge in [-0.1, -0.05) is 141 Å². The summed E-state index contributed by atoms with van der Waals surface area (Å²) in [6.07, 6.45) is 40.8. The fourth-order valence-electron chi connectivity index (χ4n) is 5.12. The molecule has 0 aliphatic heterocycles. The molecule has 4 heteroatoms. The van der Waals surface area contributed by atoms with Gasteiger partial charge in [-0.05, 0) is 64.2 Å². The average Bonchev–Trinajstić information content (AvgIpc) is 2.94. The molecule has 2 N–H and O–H groups in total. The van der Waals surface area contributed by atoms with Crippen LogP contribution in [-0.2, 0) is 9.59 Å². The number of carbonyl (C=O) groups is 2. The molecule has 1 unspecified atom stereocenters. The fourth-order valence-corrected chi connectivity index (χ4v) is 5.12. The van der Waals surface area contributed by atoms with Crippen molar-refractivity contribution in [2.75, 3.05) is 0 Å². The molecule has 40 heavy (non-hydrogen) atoms. The van der Waals surface area contributed by atoms with E-state index in [0.29, 0.717) is 12.8 Å². The number of rotatable bonds is 31. The SMILES string of the molecule is CCCCCCCC/C=C\CCCCCCCC(=O)NC(CCCCCC/C=C\CCCCCCCC)C(=O)O. The van der Waals surface area contributed by atoms with Gasteiger partial charge in [-0.15, -0.1) is 0 Å². The van der Waals surface area contributed by atoms with E-state index in [0.717, 1.165) is 57.8 Å². The van der Waals surface area contributed by atoms with Crippen LogP contribution in [0.3, 0.4) is 0 Å². The number of carboxylic acids is 1. The lowest BCUT2D eigenvalue weighted by atomic mass is 10.0. The summed E-state index contributed by atoms with van der Waals surface area (Å²) in [5.41, 5.74) is 0. The number of unbranched alkanes of at least 4 members (excludes halogenated alkanes) is 21. The Morgan fingerprint density at radius 1 is 0.525 bits per heavy atom. The van der Waals surface area contributed by atoms with Gasteiger partial charge in [-0.3, -0.25) is 4.79 Å². The van der Waals surface area contributed by atoms with Crippen molar-refractivity contribution >= 4 is 11.9 Å². The van der Waals surface area contributed by atoms with E-state index in [1.165, 1.54) is 103 Å². The molecule has 1 amide bonds. The number of aliphatic carboxylic acids is 1. The van der Waals surface area contributed by atoms with Gasteiger partial charge in [0.25, 0.3) is 0 Å². The Kier molecular flexibility index (Phi) is 30.7. The quantitative estimate of drug-likeness (QED) is 0.0653. The van der Waals surface area contributed by atoms with E-state index in [9.17, 15) is 14.7 Å². The van der Waals surface area contributed by atoms with Crippen molar-refractivity contribution in [1.29, 1.82) is 0 Å². The Morgan fingerprint density at radius 3 is 1.27 bits per heavy atom. The minimum absolute atomic E-state index is 0.111. The van der Waals surface area contributed by atoms with E-state index in [4.69, 9.17) is 0 Å². The molecule has 0 aromatic heterocycles. The standard InChI is InChI=1S/C36H67NO3/c1-3-5-7-9-11-13-15-17-19-21-23-25-27-29-31-33-35(38)37-34(36(39)40)32-30-28-26-24-22-20-18-16-14-12-10-8-6-4-2/h17-20,34H,3-16,21-33H2,1-2H3,(H,37,38)(H,39,40)/b19-17-,20-18-. The van der Waals surface area contributed by atoms with Crippen LogP contribution < -0.4 is 5.32 Å². The van der Waals surface area contributed by atoms with Crippen molar-refractivity contribution in [3.63, 3.8) is 0 Å². The zero-order chi connectivity index (χ0) is 29.4. The van der Waals surface area contributed by atoms with Gasteiger partial charge in [-0.2, -0.15) is 0 Å². The van der Waals surface area contributed by atoms with Crippen LogP contribution in [0.5, 0.6) is 0 Å². The van der Waals surface area contributed by atoms with E-state index in [-0.39, 0.29) is 5.91 Å². The van der Waals surface area contributed by atoms with Crippen LogP contribution in [0.15, 0.2) is 24.3 Å². The molecule has 0 fully saturated rings. The second kappa shape index (κ2) is 31.9. The Labute approximate surface area is 249 Å². The lowest BCUT2D eigenvalue weighted by Crippen LogP contribution is -2.40. The lowest BCUT2D eigenvalue weighted by molar-refractivity contribution is -0.142. The van der Waals surface area contributed by atoms with E-state index >= 15 is 0 Å². The summed E-state index contributed by atoms with van der Waals surface area (Å²) in [6.45, 7) is 4.52. The summed E-state index contributed by atoms with van der Waals surface area (Å²) in [5, 5.41) is 12.3. The molecule has 0 saturated carbocycles. The van der Waals surface area contributed by atoms with Gasteiger partial charge < -0.3 is 10.4 Å². The van der Waals surface area contributed by atoms with Gasteiger partial charge >= 0.3 is 5.97 Å². The van der Waals surface area contributed by atoms with Crippen LogP contribution >= 0.6 is 0 Å². The van der Waals surface area contributed by atoms with Gasteiger partial charge in [0.15, 0.2) is 0 Å². The summed E-state index contributed by atoms with van der Waals surface area (Å²) in [4.78, 5) is 23.8. The summed E-state index contributed by atoms with van der Waals surface area (Å²) in [5.74, 6) is -1.02. The first kappa shape index (κ1) is 38.4. The maximum Gasteiger partial charge on any atom is 0.326 e. The molecule has 0 aliphatic rings. The molecular formula is C36H67NO3. The Bertz CT molecular complexity index is 613. The minimum atomic E-state index is -0.907. The second-order valence-corrected chi connectivity index (χ2v) is 11.8. The Morgan fingerprint density at radius 2 is 0.875 bits per heavy atom. The normalized spacial score (nSPS) is 12.4. The summed E-state index contributed by atoms with van der Waals surface area (Å²) < 4.78 is 0. The molecule has 0 rings (SSSR count). The highest BCUT2D eigenvalue weighted by Crippen LogP contribution is 2.12. The maximum atomic E-state index is 12.2. The molecule has 1 atom stereocenters. The molecule has 0 saturated heterocycles. The smallest absolute Gasteiger partial charge is 0.326 e. The molecule has 0 radical (unpaired) electrons. The van der Waals surface area contributed by atoms with Gasteiger partial charge in [0.2, 0.25) is 5.91 Å². The van der Waals surface area contributed by atoms with Crippen LogP contribution in [0.4, 0.5) is 0 Å². The average molecular weight is 562 g/mol. The number of nitrogens with one attached hydrogen (secondary N) is 1. The highest BCUT2D eigenvalue weighted by atomic mass is 16.4. The number of hydrogen-bond acceptors (Lipinski definition) is 2. The third-order valence-corrected chi connectivity index (χ3v) is 7.80. The lowest BCUT2D eigenvalue weighted by Gasteiger charge is -2.14. The first-order valence-corrected chi connectivity index (χ1v) is 17.4. The molecule has 0 heterocycles. The van der Waals surface area contributed by atoms with Crippen molar-refractivity contribution in [3.05, 3.63) is 24.3 Å². The first-order chi connectivity index (χ1) is 19.6. The number of carbonyl (C=O) groups excluding carboxylic acids is 1. The van der Waals surface area contributed by atoms with Crippen LogP contribution in [-0.4, -0.2) is 23.0 Å². The largest absolute Gasteiger partial charge is 0.480 e. The predicted molar refractivity (Wildman–Crippen MR) is 174 cm³/mol. The zero-order valence-corrected chi connectivity index (χ0v) is 26.7. The minimum Gasteiger partial charge on any atom is -0.480 e. The topological polar surface area (TPSA) is 66.4 Å². The molecule has 0 bridgehead atoms. The number of carboxylic acid groups (broad SMARTS) is 1. The van der Waals surface area contributed by atoms with Crippen molar-refractivity contribution in [1.82, 2.24) is 5.32 Å². The molecule has 4 nitrogen and oxygen atoms in total. The van der Waals surface area contributed by atoms with E-state index in [1.807, 2.05) is 0 Å². The molecule has 0 aliphatic carbocycles. The van der Waals surface area contributed by atoms with Gasteiger partial charge in [-0.25, -0.2) is 4.79 Å². The number of amides is 1. The molecule has 0 spiro atoms.